The monoisotopic (exact) mass is 494 g/mol. The molecule has 0 aromatic heterocycles. The second kappa shape index (κ2) is 12.5. The van der Waals surface area contributed by atoms with E-state index in [2.05, 4.69) is 17.2 Å². The van der Waals surface area contributed by atoms with Gasteiger partial charge >= 0.3 is 12.1 Å². The Hall–Kier alpha value is -3.97. The van der Waals surface area contributed by atoms with Gasteiger partial charge in [0, 0.05) is 29.2 Å². The van der Waals surface area contributed by atoms with Crippen LogP contribution < -0.4 is 20.1 Å². The van der Waals surface area contributed by atoms with Gasteiger partial charge < -0.3 is 25.2 Å². The molecule has 7 nitrogen and oxygen atoms in total. The number of carboxylic acids is 1. The van der Waals surface area contributed by atoms with Crippen LogP contribution in [0.3, 0.4) is 0 Å². The fourth-order valence-corrected chi connectivity index (χ4v) is 3.73. The highest BCUT2D eigenvalue weighted by Gasteiger charge is 2.19. The number of carbonyl (C=O) groups is 2. The molecular formula is C27H27ClN2O5. The summed E-state index contributed by atoms with van der Waals surface area (Å²) in [5.41, 5.74) is 2.80. The molecule has 0 radical (unpaired) electrons. The third-order valence-electron chi connectivity index (χ3n) is 5.28. The van der Waals surface area contributed by atoms with Gasteiger partial charge in [-0.2, -0.15) is 0 Å². The summed E-state index contributed by atoms with van der Waals surface area (Å²) in [6.07, 6.45) is 0.222. The lowest BCUT2D eigenvalue weighted by atomic mass is 10.0. The predicted octanol–water partition coefficient (Wildman–Crippen LogP) is 4.94. The van der Waals surface area contributed by atoms with Crippen LogP contribution >= 0.6 is 11.6 Å². The number of para-hydroxylation sites is 1. The average molecular weight is 495 g/mol. The SMILES string of the molecule is C=C(N[C@@H](Cc1ccc(OC(=O)NCCc2ccccc2OC)cc1)C(=O)O)c1ccccc1Cl. The Balaban J connectivity index is 1.51. The van der Waals surface area contributed by atoms with Gasteiger partial charge in [0.05, 0.1) is 7.11 Å². The molecule has 3 N–H and O–H groups in total. The molecule has 3 rings (SSSR count). The first kappa shape index (κ1) is 25.6. The molecule has 1 atom stereocenters. The summed E-state index contributed by atoms with van der Waals surface area (Å²) in [4.78, 5) is 23.9. The van der Waals surface area contributed by atoms with Crippen LogP contribution in [0.25, 0.3) is 5.70 Å². The molecule has 1 amide bonds. The molecule has 0 spiro atoms. The Kier molecular flexibility index (Phi) is 9.15. The van der Waals surface area contributed by atoms with Crippen molar-refractivity contribution < 1.29 is 24.2 Å². The van der Waals surface area contributed by atoms with E-state index in [9.17, 15) is 14.7 Å². The molecular weight excluding hydrogens is 468 g/mol. The van der Waals surface area contributed by atoms with E-state index in [1.54, 1.807) is 55.6 Å². The number of methoxy groups -OCH3 is 1. The minimum atomic E-state index is -1.02. The number of ether oxygens (including phenoxy) is 2. The van der Waals surface area contributed by atoms with Crippen molar-refractivity contribution >= 4 is 29.4 Å². The maximum Gasteiger partial charge on any atom is 0.412 e. The summed E-state index contributed by atoms with van der Waals surface area (Å²) in [5, 5.41) is 15.8. The normalized spacial score (nSPS) is 11.3. The predicted molar refractivity (Wildman–Crippen MR) is 136 cm³/mol. The second-order valence-corrected chi connectivity index (χ2v) is 8.13. The van der Waals surface area contributed by atoms with E-state index in [4.69, 9.17) is 21.1 Å². The number of hydrogen-bond acceptors (Lipinski definition) is 5. The molecule has 0 saturated carbocycles. The number of halogens is 1. The lowest BCUT2D eigenvalue weighted by Gasteiger charge is -2.18. The Labute approximate surface area is 209 Å². The highest BCUT2D eigenvalue weighted by Crippen LogP contribution is 2.22. The van der Waals surface area contributed by atoms with Crippen molar-refractivity contribution in [2.75, 3.05) is 13.7 Å². The van der Waals surface area contributed by atoms with E-state index in [1.165, 1.54) is 0 Å². The van der Waals surface area contributed by atoms with Gasteiger partial charge in [-0.05, 0) is 41.8 Å². The number of carbonyl (C=O) groups excluding carboxylic acids is 1. The zero-order valence-electron chi connectivity index (χ0n) is 19.3. The maximum atomic E-state index is 12.1. The van der Waals surface area contributed by atoms with E-state index in [1.807, 2.05) is 24.3 Å². The number of benzene rings is 3. The second-order valence-electron chi connectivity index (χ2n) is 7.72. The molecule has 0 saturated heterocycles. The number of rotatable bonds is 11. The van der Waals surface area contributed by atoms with Gasteiger partial charge in [0.2, 0.25) is 0 Å². The van der Waals surface area contributed by atoms with Crippen molar-refractivity contribution in [2.24, 2.45) is 0 Å². The first-order valence-electron chi connectivity index (χ1n) is 11.0. The van der Waals surface area contributed by atoms with Gasteiger partial charge in [-0.25, -0.2) is 9.59 Å². The fourth-order valence-electron chi connectivity index (χ4n) is 3.48. The molecule has 182 valence electrons. The smallest absolute Gasteiger partial charge is 0.412 e. The highest BCUT2D eigenvalue weighted by molar-refractivity contribution is 6.32. The molecule has 35 heavy (non-hydrogen) atoms. The first-order valence-corrected chi connectivity index (χ1v) is 11.3. The van der Waals surface area contributed by atoms with Gasteiger partial charge in [0.1, 0.15) is 17.5 Å². The molecule has 0 aliphatic carbocycles. The lowest BCUT2D eigenvalue weighted by molar-refractivity contribution is -0.139. The van der Waals surface area contributed by atoms with E-state index in [0.717, 1.165) is 16.9 Å². The number of hydrogen-bond donors (Lipinski definition) is 3. The van der Waals surface area contributed by atoms with Crippen molar-refractivity contribution in [1.29, 1.82) is 0 Å². The third-order valence-corrected chi connectivity index (χ3v) is 5.61. The van der Waals surface area contributed by atoms with Gasteiger partial charge in [-0.3, -0.25) is 0 Å². The maximum absolute atomic E-state index is 12.1. The average Bonchev–Trinajstić information content (AvgIpc) is 2.85. The largest absolute Gasteiger partial charge is 0.496 e. The van der Waals surface area contributed by atoms with Crippen LogP contribution in [0.15, 0.2) is 79.4 Å². The molecule has 0 aliphatic heterocycles. The molecule has 0 fully saturated rings. The van der Waals surface area contributed by atoms with Crippen molar-refractivity contribution in [3.63, 3.8) is 0 Å². The van der Waals surface area contributed by atoms with Crippen LogP contribution in [0.4, 0.5) is 4.79 Å². The molecule has 0 heterocycles. The van der Waals surface area contributed by atoms with Crippen LogP contribution in [0.5, 0.6) is 11.5 Å². The molecule has 3 aromatic rings. The number of nitrogens with one attached hydrogen (secondary N) is 2. The van der Waals surface area contributed by atoms with Crippen LogP contribution in [-0.2, 0) is 17.6 Å². The quantitative estimate of drug-likeness (QED) is 0.349. The minimum absolute atomic E-state index is 0.199. The Morgan fingerprint density at radius 3 is 2.40 bits per heavy atom. The topological polar surface area (TPSA) is 96.9 Å². The van der Waals surface area contributed by atoms with E-state index < -0.39 is 18.1 Å². The fraction of sp³-hybridized carbons (Fsp3) is 0.185. The van der Waals surface area contributed by atoms with Crippen molar-refractivity contribution in [1.82, 2.24) is 10.6 Å². The van der Waals surface area contributed by atoms with Gasteiger partial charge in [-0.15, -0.1) is 0 Å². The summed E-state index contributed by atoms with van der Waals surface area (Å²) in [7, 11) is 1.61. The van der Waals surface area contributed by atoms with Gasteiger partial charge in [-0.1, -0.05) is 66.7 Å². The van der Waals surface area contributed by atoms with E-state index in [-0.39, 0.29) is 6.42 Å². The van der Waals surface area contributed by atoms with Crippen molar-refractivity contribution in [3.8, 4) is 11.5 Å². The van der Waals surface area contributed by atoms with Gasteiger partial charge in [0.15, 0.2) is 0 Å². The molecule has 0 bridgehead atoms. The van der Waals surface area contributed by atoms with Gasteiger partial charge in [0.25, 0.3) is 0 Å². The van der Waals surface area contributed by atoms with Crippen LogP contribution in [0, 0.1) is 0 Å². The van der Waals surface area contributed by atoms with Crippen LogP contribution in [0.2, 0.25) is 5.02 Å². The van der Waals surface area contributed by atoms with Crippen LogP contribution in [-0.4, -0.2) is 36.9 Å². The van der Waals surface area contributed by atoms with Crippen LogP contribution in [0.1, 0.15) is 16.7 Å². The minimum Gasteiger partial charge on any atom is -0.496 e. The number of carboxylic acid groups (broad SMARTS) is 1. The zero-order chi connectivity index (χ0) is 25.2. The summed E-state index contributed by atoms with van der Waals surface area (Å²) < 4.78 is 10.6. The third kappa shape index (κ3) is 7.52. The number of aliphatic carboxylic acids is 1. The molecule has 0 unspecified atom stereocenters. The summed E-state index contributed by atoms with van der Waals surface area (Å²) in [6, 6.07) is 20.4. The zero-order valence-corrected chi connectivity index (χ0v) is 20.0. The van der Waals surface area contributed by atoms with E-state index >= 15 is 0 Å². The lowest BCUT2D eigenvalue weighted by Crippen LogP contribution is -2.37. The summed E-state index contributed by atoms with van der Waals surface area (Å²) >= 11 is 6.18. The Morgan fingerprint density at radius 1 is 1.03 bits per heavy atom. The molecule has 0 aliphatic rings. The first-order chi connectivity index (χ1) is 16.9. The number of amides is 1. The highest BCUT2D eigenvalue weighted by atomic mass is 35.5. The van der Waals surface area contributed by atoms with Crippen molar-refractivity contribution in [3.05, 3.63) is 101 Å². The molecule has 3 aromatic carbocycles. The summed E-state index contributed by atoms with van der Waals surface area (Å²) in [6.45, 7) is 4.31. The standard InChI is InChI=1S/C27H27ClN2O5/c1-18(22-8-4-5-9-23(22)28)30-24(26(31)32)17-19-11-13-21(14-12-19)35-27(33)29-16-15-20-7-3-6-10-25(20)34-2/h3-14,24,30H,1,15-17H2,2H3,(H,29,33)(H,31,32)/t24-/m0/s1. The van der Waals surface area contributed by atoms with E-state index in [0.29, 0.717) is 35.0 Å². The van der Waals surface area contributed by atoms with Crippen molar-refractivity contribution in [2.45, 2.75) is 18.9 Å². The summed E-state index contributed by atoms with van der Waals surface area (Å²) in [5.74, 6) is 0.0969. The molecule has 8 heteroatoms. The Bertz CT molecular complexity index is 1180. The Morgan fingerprint density at radius 2 is 1.71 bits per heavy atom.